The maximum Gasteiger partial charge on any atom is 0.253 e. The van der Waals surface area contributed by atoms with Crippen LogP contribution in [0.5, 0.6) is 0 Å². The summed E-state index contributed by atoms with van der Waals surface area (Å²) in [6, 6.07) is 6.31. The van der Waals surface area contributed by atoms with Gasteiger partial charge in [0, 0.05) is 19.7 Å². The number of unbranched alkanes of at least 4 members (excludes halogenated alkanes) is 2. The van der Waals surface area contributed by atoms with Crippen LogP contribution in [0.2, 0.25) is 0 Å². The van der Waals surface area contributed by atoms with Crippen LogP contribution in [0, 0.1) is 4.91 Å². The van der Waals surface area contributed by atoms with Crippen molar-refractivity contribution in [2.24, 2.45) is 5.18 Å². The zero-order valence-corrected chi connectivity index (χ0v) is 14.9. The topological polar surface area (TPSA) is 96.9 Å². The summed E-state index contributed by atoms with van der Waals surface area (Å²) in [6.07, 6.45) is 3.27. The van der Waals surface area contributed by atoms with E-state index >= 15 is 0 Å². The van der Waals surface area contributed by atoms with E-state index in [1.54, 1.807) is 12.1 Å². The number of nitrogens with one attached hydrogen (secondary N) is 2. The highest BCUT2D eigenvalue weighted by molar-refractivity contribution is 5.98. The number of nitroso groups, excluding NO2 is 1. The van der Waals surface area contributed by atoms with E-state index in [2.05, 4.69) is 22.7 Å². The number of ether oxygens (including phenoxy) is 1. The molecule has 0 aliphatic carbocycles. The lowest BCUT2D eigenvalue weighted by Crippen LogP contribution is -2.40. The van der Waals surface area contributed by atoms with E-state index < -0.39 is 12.0 Å². The third-order valence-corrected chi connectivity index (χ3v) is 3.69. The molecule has 2 N–H and O–H groups in total. The first-order chi connectivity index (χ1) is 12.1. The van der Waals surface area contributed by atoms with Crippen molar-refractivity contribution in [1.29, 1.82) is 0 Å². The van der Waals surface area contributed by atoms with Crippen molar-refractivity contribution < 1.29 is 14.3 Å². The van der Waals surface area contributed by atoms with Gasteiger partial charge in [0.1, 0.15) is 11.8 Å². The molecule has 0 bridgehead atoms. The Balaban J connectivity index is 2.32. The summed E-state index contributed by atoms with van der Waals surface area (Å²) in [5, 5.41) is 8.23. The molecule has 25 heavy (non-hydrogen) atoms. The van der Waals surface area contributed by atoms with Crippen LogP contribution in [0.15, 0.2) is 29.4 Å². The number of rotatable bonds is 12. The van der Waals surface area contributed by atoms with Crippen LogP contribution in [0.3, 0.4) is 0 Å². The standard InChI is InChI=1S/C18H27N3O4/c1-3-5-8-13-25-16(4-2)18(23)20-12-11-19-17(22)14-9-6-7-10-15(14)21-24/h6-7,9-10,16H,3-5,8,11-13H2,1-2H3,(H,19,22)(H,20,23). The minimum absolute atomic E-state index is 0.0931. The summed E-state index contributed by atoms with van der Waals surface area (Å²) in [5.41, 5.74) is 0.310. The third-order valence-electron chi connectivity index (χ3n) is 3.69. The van der Waals surface area contributed by atoms with Crippen molar-refractivity contribution in [1.82, 2.24) is 10.6 Å². The number of hydrogen-bond acceptors (Lipinski definition) is 5. The molecule has 0 aliphatic heterocycles. The second kappa shape index (κ2) is 12.1. The van der Waals surface area contributed by atoms with Gasteiger partial charge in [-0.15, -0.1) is 4.91 Å². The monoisotopic (exact) mass is 349 g/mol. The average molecular weight is 349 g/mol. The third kappa shape index (κ3) is 7.43. The highest BCUT2D eigenvalue weighted by Gasteiger charge is 2.16. The molecular weight excluding hydrogens is 322 g/mol. The zero-order valence-electron chi connectivity index (χ0n) is 14.9. The van der Waals surface area contributed by atoms with Gasteiger partial charge in [-0.2, -0.15) is 0 Å². The molecule has 0 aromatic heterocycles. The van der Waals surface area contributed by atoms with Gasteiger partial charge in [-0.3, -0.25) is 9.59 Å². The van der Waals surface area contributed by atoms with Gasteiger partial charge in [0.15, 0.2) is 0 Å². The number of benzene rings is 1. The molecule has 1 rings (SSSR count). The average Bonchev–Trinajstić information content (AvgIpc) is 2.64. The van der Waals surface area contributed by atoms with E-state index in [1.165, 1.54) is 12.1 Å². The molecule has 0 aliphatic rings. The molecule has 0 fully saturated rings. The molecule has 0 radical (unpaired) electrons. The van der Waals surface area contributed by atoms with Crippen LogP contribution in [0.1, 0.15) is 49.9 Å². The summed E-state index contributed by atoms with van der Waals surface area (Å²) >= 11 is 0. The maximum atomic E-state index is 12.0. The van der Waals surface area contributed by atoms with Crippen LogP contribution in [-0.2, 0) is 9.53 Å². The summed E-state index contributed by atoms with van der Waals surface area (Å²) in [7, 11) is 0. The van der Waals surface area contributed by atoms with Gasteiger partial charge in [-0.25, -0.2) is 0 Å². The Morgan fingerprint density at radius 1 is 1.12 bits per heavy atom. The van der Waals surface area contributed by atoms with Crippen molar-refractivity contribution in [3.63, 3.8) is 0 Å². The zero-order chi connectivity index (χ0) is 18.5. The van der Waals surface area contributed by atoms with E-state index in [4.69, 9.17) is 4.74 Å². The molecule has 2 amide bonds. The van der Waals surface area contributed by atoms with Gasteiger partial charge < -0.3 is 15.4 Å². The molecule has 0 saturated carbocycles. The lowest BCUT2D eigenvalue weighted by molar-refractivity contribution is -0.133. The molecule has 1 aromatic carbocycles. The Hall–Kier alpha value is -2.28. The molecule has 1 atom stereocenters. The summed E-state index contributed by atoms with van der Waals surface area (Å²) in [6.45, 7) is 5.13. The normalized spacial score (nSPS) is 11.6. The Kier molecular flexibility index (Phi) is 10.1. The van der Waals surface area contributed by atoms with Crippen molar-refractivity contribution in [3.8, 4) is 0 Å². The van der Waals surface area contributed by atoms with E-state index in [0.717, 1.165) is 19.3 Å². The SMILES string of the molecule is CCCCCOC(CC)C(=O)NCCNC(=O)c1ccccc1N=O. The van der Waals surface area contributed by atoms with Crippen LogP contribution >= 0.6 is 0 Å². The molecule has 0 spiro atoms. The Labute approximate surface area is 148 Å². The summed E-state index contributed by atoms with van der Waals surface area (Å²) < 4.78 is 5.59. The molecule has 7 heteroatoms. The summed E-state index contributed by atoms with van der Waals surface area (Å²) in [4.78, 5) is 34.7. The molecule has 1 unspecified atom stereocenters. The van der Waals surface area contributed by atoms with E-state index in [9.17, 15) is 14.5 Å². The fourth-order valence-electron chi connectivity index (χ4n) is 2.27. The number of amides is 2. The fourth-order valence-corrected chi connectivity index (χ4v) is 2.27. The molecule has 0 heterocycles. The number of carbonyl (C=O) groups excluding carboxylic acids is 2. The predicted octanol–water partition coefficient (Wildman–Crippen LogP) is 2.92. The van der Waals surface area contributed by atoms with Crippen molar-refractivity contribution in [2.75, 3.05) is 19.7 Å². The molecular formula is C18H27N3O4. The molecule has 138 valence electrons. The molecule has 7 nitrogen and oxygen atoms in total. The van der Waals surface area contributed by atoms with Crippen molar-refractivity contribution >= 4 is 17.5 Å². The largest absolute Gasteiger partial charge is 0.368 e. The highest BCUT2D eigenvalue weighted by Crippen LogP contribution is 2.17. The Bertz CT molecular complexity index is 563. The van der Waals surface area contributed by atoms with Gasteiger partial charge in [0.05, 0.1) is 5.56 Å². The first-order valence-electron chi connectivity index (χ1n) is 8.73. The number of carbonyl (C=O) groups is 2. The number of nitrogens with zero attached hydrogens (tertiary/aromatic N) is 1. The first-order valence-corrected chi connectivity index (χ1v) is 8.73. The van der Waals surface area contributed by atoms with E-state index in [1.807, 2.05) is 6.92 Å². The highest BCUT2D eigenvalue weighted by atomic mass is 16.5. The van der Waals surface area contributed by atoms with Crippen LogP contribution in [0.4, 0.5) is 5.69 Å². The first kappa shape index (κ1) is 20.8. The van der Waals surface area contributed by atoms with Gasteiger partial charge in [0.25, 0.3) is 5.91 Å². The van der Waals surface area contributed by atoms with E-state index in [0.29, 0.717) is 13.0 Å². The van der Waals surface area contributed by atoms with Gasteiger partial charge in [0.2, 0.25) is 5.91 Å². The quantitative estimate of drug-likeness (QED) is 0.448. The second-order valence-electron chi connectivity index (χ2n) is 5.63. The smallest absolute Gasteiger partial charge is 0.253 e. The lowest BCUT2D eigenvalue weighted by atomic mass is 10.1. The van der Waals surface area contributed by atoms with Crippen LogP contribution < -0.4 is 10.6 Å². The predicted molar refractivity (Wildman–Crippen MR) is 96.8 cm³/mol. The summed E-state index contributed by atoms with van der Waals surface area (Å²) in [5.74, 6) is -0.574. The van der Waals surface area contributed by atoms with Crippen LogP contribution in [-0.4, -0.2) is 37.6 Å². The van der Waals surface area contributed by atoms with Crippen LogP contribution in [0.25, 0.3) is 0 Å². The van der Waals surface area contributed by atoms with Crippen molar-refractivity contribution in [2.45, 2.75) is 45.6 Å². The Morgan fingerprint density at radius 2 is 1.84 bits per heavy atom. The minimum atomic E-state index is -0.465. The molecule has 1 aromatic rings. The fraction of sp³-hybridized carbons (Fsp3) is 0.556. The molecule has 0 saturated heterocycles. The van der Waals surface area contributed by atoms with Crippen molar-refractivity contribution in [3.05, 3.63) is 34.7 Å². The minimum Gasteiger partial charge on any atom is -0.368 e. The van der Waals surface area contributed by atoms with Gasteiger partial charge in [-0.1, -0.05) is 38.8 Å². The maximum absolute atomic E-state index is 12.0. The van der Waals surface area contributed by atoms with Gasteiger partial charge in [-0.05, 0) is 30.2 Å². The lowest BCUT2D eigenvalue weighted by Gasteiger charge is -2.16. The number of hydrogen-bond donors (Lipinski definition) is 2. The Morgan fingerprint density at radius 3 is 2.52 bits per heavy atom. The van der Waals surface area contributed by atoms with Gasteiger partial charge >= 0.3 is 0 Å². The van der Waals surface area contributed by atoms with E-state index in [-0.39, 0.29) is 30.2 Å². The second-order valence-corrected chi connectivity index (χ2v) is 5.63.